The molecule has 6 aliphatic heterocycles. The molecule has 0 spiro atoms. The molecule has 6 amide bonds. The van der Waals surface area contributed by atoms with Gasteiger partial charge in [0.2, 0.25) is 0 Å². The van der Waals surface area contributed by atoms with E-state index in [4.69, 9.17) is 71.1 Å². The van der Waals surface area contributed by atoms with E-state index >= 15 is 0 Å². The lowest BCUT2D eigenvalue weighted by Crippen LogP contribution is -2.55. The molecule has 0 aromatic heterocycles. The molecule has 28 heteroatoms. The molecular weight excluding hydrogens is 1510 g/mol. The topological polar surface area (TPSA) is 260 Å². The highest BCUT2D eigenvalue weighted by molar-refractivity contribution is 9.09. The number of fused-ring (bicyclic) bond motifs is 6. The predicted molar refractivity (Wildman–Crippen MR) is 424 cm³/mol. The van der Waals surface area contributed by atoms with Crippen molar-refractivity contribution in [1.29, 1.82) is 0 Å². The molecule has 0 radical (unpaired) electrons. The first-order valence-electron chi connectivity index (χ1n) is 36.4. The van der Waals surface area contributed by atoms with Crippen LogP contribution in [-0.2, 0) is 28.4 Å². The standard InChI is InChI=1S/C55H60N4O14.C29H33BrN2O7/c1-9-24-72-54(62)58-42-32-48(46(66-5)30-40(42)50(60)56-22-20-36(28-44(56)52(58)68-7)34-12-16-38(64-3)17-13-34)70-26-11-27-71-49-33-43-41(31-47(49)67-6)51(61)57-23-21-37(35-14-18-39(65-4)19-15-35)29-45(57)53(69-8)59(43)55(63)73-25-10-2;1-5-14-39-29(34)32-23-18-26(38-15-6-12-30)25(36-3)17-22(23)27(33)31-13-11-20(16-24(31)28(32)37-4)19-7-9-21(35-2)10-8-19/h9-10,12-19,28-33,44-45,52-53H,1-2,11,20-27H2,3-8H3;5,7-10,16-18,24,28H,1,6,11-15H2,2-4H3/t44-,45-,52?,53?;24-,28?/m00/s1. The van der Waals surface area contributed by atoms with Crippen molar-refractivity contribution < 1.29 is 99.8 Å². The molecule has 27 nitrogen and oxygen atoms in total. The van der Waals surface area contributed by atoms with E-state index in [1.54, 1.807) is 72.4 Å². The van der Waals surface area contributed by atoms with Gasteiger partial charge in [-0.3, -0.25) is 14.4 Å². The maximum absolute atomic E-state index is 14.6. The van der Waals surface area contributed by atoms with Crippen LogP contribution in [0.5, 0.6) is 51.7 Å². The van der Waals surface area contributed by atoms with E-state index < -0.39 is 55.1 Å². The van der Waals surface area contributed by atoms with Crippen LogP contribution in [0.1, 0.15) is 79.9 Å². The normalized spacial score (nSPS) is 18.8. The van der Waals surface area contributed by atoms with Crippen LogP contribution in [0.2, 0.25) is 0 Å². The minimum Gasteiger partial charge on any atom is -0.497 e. The number of halogens is 1. The Morgan fingerprint density at radius 2 is 0.670 bits per heavy atom. The summed E-state index contributed by atoms with van der Waals surface area (Å²) in [6.07, 6.45) is 8.01. The molecule has 6 aromatic carbocycles. The maximum atomic E-state index is 14.6. The summed E-state index contributed by atoms with van der Waals surface area (Å²) < 4.78 is 86.5. The molecule has 0 N–H and O–H groups in total. The average molecular weight is 1600 g/mol. The second-order valence-electron chi connectivity index (χ2n) is 26.1. The number of ether oxygens (including phenoxy) is 15. The summed E-state index contributed by atoms with van der Waals surface area (Å²) in [5.74, 6) is 3.05. The van der Waals surface area contributed by atoms with Crippen molar-refractivity contribution in [2.45, 2.75) is 68.9 Å². The molecule has 592 valence electrons. The third-order valence-corrected chi connectivity index (χ3v) is 20.4. The van der Waals surface area contributed by atoms with Crippen LogP contribution in [-0.4, -0.2) is 216 Å². The number of carbonyl (C=O) groups is 6. The molecule has 3 unspecified atom stereocenters. The number of methoxy groups -OCH3 is 9. The van der Waals surface area contributed by atoms with Crippen LogP contribution in [0.25, 0.3) is 16.7 Å². The van der Waals surface area contributed by atoms with Gasteiger partial charge in [-0.15, -0.1) is 0 Å². The number of amides is 6. The Morgan fingerprint density at radius 1 is 0.393 bits per heavy atom. The van der Waals surface area contributed by atoms with Gasteiger partial charge in [-0.1, -0.05) is 109 Å². The monoisotopic (exact) mass is 1600 g/mol. The van der Waals surface area contributed by atoms with Gasteiger partial charge in [-0.2, -0.15) is 0 Å². The summed E-state index contributed by atoms with van der Waals surface area (Å²) in [6.45, 7) is 12.6. The van der Waals surface area contributed by atoms with Crippen molar-refractivity contribution in [3.05, 3.63) is 199 Å². The fourth-order valence-electron chi connectivity index (χ4n) is 14.4. The molecule has 6 aliphatic rings. The molecule has 0 bridgehead atoms. The lowest BCUT2D eigenvalue weighted by atomic mass is 9.94. The third-order valence-electron chi connectivity index (χ3n) is 19.8. The van der Waals surface area contributed by atoms with Crippen molar-refractivity contribution in [3.8, 4) is 51.7 Å². The molecular formula is C84H93BrN6O21. The summed E-state index contributed by atoms with van der Waals surface area (Å²) >= 11 is 3.40. The van der Waals surface area contributed by atoms with Crippen LogP contribution in [0.4, 0.5) is 31.4 Å². The first kappa shape index (κ1) is 81.5. The highest BCUT2D eigenvalue weighted by Gasteiger charge is 2.49. The van der Waals surface area contributed by atoms with Gasteiger partial charge >= 0.3 is 18.3 Å². The molecule has 12 rings (SSSR count). The van der Waals surface area contributed by atoms with Crippen LogP contribution >= 0.6 is 15.9 Å². The summed E-state index contributed by atoms with van der Waals surface area (Å²) in [7, 11) is 13.7. The number of benzene rings is 6. The van der Waals surface area contributed by atoms with Crippen molar-refractivity contribution in [3.63, 3.8) is 0 Å². The molecule has 0 saturated carbocycles. The van der Waals surface area contributed by atoms with Crippen LogP contribution < -0.4 is 57.3 Å². The maximum Gasteiger partial charge on any atom is 0.416 e. The van der Waals surface area contributed by atoms with Gasteiger partial charge < -0.3 is 85.8 Å². The van der Waals surface area contributed by atoms with Gasteiger partial charge in [-0.05, 0) is 114 Å². The van der Waals surface area contributed by atoms with Gasteiger partial charge in [0.25, 0.3) is 17.7 Å². The highest BCUT2D eigenvalue weighted by atomic mass is 79.9. The molecule has 6 heterocycles. The molecule has 0 aliphatic carbocycles. The molecule has 0 fully saturated rings. The Bertz CT molecular complexity index is 4340. The van der Waals surface area contributed by atoms with Crippen molar-refractivity contribution in [1.82, 2.24) is 14.7 Å². The summed E-state index contributed by atoms with van der Waals surface area (Å²) in [5, 5.41) is 0.768. The number of rotatable bonds is 28. The number of nitrogens with zero attached hydrogens (tertiary/aromatic N) is 6. The number of carbonyl (C=O) groups excluding carboxylic acids is 6. The fourth-order valence-corrected chi connectivity index (χ4v) is 14.6. The lowest BCUT2D eigenvalue weighted by molar-refractivity contribution is 0.0274. The van der Waals surface area contributed by atoms with Crippen LogP contribution in [0.15, 0.2) is 165 Å². The third kappa shape index (κ3) is 17.3. The fraction of sp³-hybridized carbons (Fsp3) is 0.357. The lowest BCUT2D eigenvalue weighted by Gasteiger charge is -2.39. The van der Waals surface area contributed by atoms with Gasteiger partial charge in [0.1, 0.15) is 37.1 Å². The molecule has 0 saturated heterocycles. The number of hydrogen-bond acceptors (Lipinski definition) is 21. The van der Waals surface area contributed by atoms with Crippen molar-refractivity contribution in [2.24, 2.45) is 0 Å². The summed E-state index contributed by atoms with van der Waals surface area (Å²) in [6, 6.07) is 30.6. The zero-order chi connectivity index (χ0) is 79.7. The van der Waals surface area contributed by atoms with Crippen LogP contribution in [0.3, 0.4) is 0 Å². The average Bonchev–Trinajstić information content (AvgIpc) is 1.61. The van der Waals surface area contributed by atoms with Crippen molar-refractivity contribution >= 4 is 85.7 Å². The Hall–Kier alpha value is -11.5. The predicted octanol–water partition coefficient (Wildman–Crippen LogP) is 13.7. The smallest absolute Gasteiger partial charge is 0.416 e. The molecule has 6 aromatic rings. The van der Waals surface area contributed by atoms with E-state index in [9.17, 15) is 28.8 Å². The summed E-state index contributed by atoms with van der Waals surface area (Å²) in [5.41, 5.74) is 7.26. The minimum absolute atomic E-state index is 0.00112. The van der Waals surface area contributed by atoms with E-state index in [1.807, 2.05) is 91.0 Å². The van der Waals surface area contributed by atoms with Crippen LogP contribution in [0, 0.1) is 0 Å². The van der Waals surface area contributed by atoms with Crippen molar-refractivity contribution in [2.75, 3.05) is 143 Å². The first-order chi connectivity index (χ1) is 54.5. The minimum atomic E-state index is -1.01. The quantitative estimate of drug-likeness (QED) is 0.0191. The van der Waals surface area contributed by atoms with Gasteiger partial charge in [0.15, 0.2) is 53.2 Å². The largest absolute Gasteiger partial charge is 0.497 e. The number of anilines is 3. The number of alkyl halides is 1. The highest BCUT2D eigenvalue weighted by Crippen LogP contribution is 2.47. The molecule has 112 heavy (non-hydrogen) atoms. The zero-order valence-corrected chi connectivity index (χ0v) is 65.8. The first-order valence-corrected chi connectivity index (χ1v) is 37.5. The van der Waals surface area contributed by atoms with E-state index in [0.717, 1.165) is 50.9 Å². The molecule has 6 atom stereocenters. The Kier molecular flexibility index (Phi) is 27.6. The SMILES string of the molecule is C=CCOC(=O)N1c2cc(OCCCBr)c(OC)cc2C(=O)N2CCC(c3ccc(OC)cc3)=C[C@H]2C1OC.C=CCOC(=O)N1c2cc(OCCCOc3cc4c(cc3OC)C(=O)N3CCC(c5ccc(OC)cc5)=C[C@H]3C(OC)N4C(=O)OCC=C)c(OC)cc2C(=O)N2CCC(c3ccc(OC)cc3)=C[C@H]2C1OC. The van der Waals surface area contributed by atoms with E-state index in [-0.39, 0.29) is 96.3 Å². The van der Waals surface area contributed by atoms with Gasteiger partial charge in [-0.25, -0.2) is 29.1 Å². The zero-order valence-electron chi connectivity index (χ0n) is 64.2. The Labute approximate surface area is 659 Å². The Balaban J connectivity index is 0.000000267. The van der Waals surface area contributed by atoms with E-state index in [0.29, 0.717) is 86.2 Å². The second kappa shape index (κ2) is 38.0. The van der Waals surface area contributed by atoms with Gasteiger partial charge in [0.05, 0.1) is 114 Å². The second-order valence-corrected chi connectivity index (χ2v) is 26.9. The Morgan fingerprint density at radius 3 is 0.911 bits per heavy atom. The number of hydrogen-bond donors (Lipinski definition) is 0. The van der Waals surface area contributed by atoms with E-state index in [1.165, 1.54) is 75.6 Å². The summed E-state index contributed by atoms with van der Waals surface area (Å²) in [4.78, 5) is 93.9. The van der Waals surface area contributed by atoms with E-state index in [2.05, 4.69) is 35.7 Å². The van der Waals surface area contributed by atoms with Gasteiger partial charge in [0, 0.05) is 70.9 Å².